The summed E-state index contributed by atoms with van der Waals surface area (Å²) in [7, 11) is 0. The number of nitrogens with two attached hydrogens (primary N) is 1. The Morgan fingerprint density at radius 2 is 2.27 bits per heavy atom. The summed E-state index contributed by atoms with van der Waals surface area (Å²) in [6, 6.07) is 3.71. The molecule has 15 heavy (non-hydrogen) atoms. The minimum atomic E-state index is 0.0492. The number of nitriles is 1. The zero-order valence-corrected chi connectivity index (χ0v) is 11.1. The summed E-state index contributed by atoms with van der Waals surface area (Å²) in [5.41, 5.74) is 5.58. The van der Waals surface area contributed by atoms with Gasteiger partial charge in [-0.2, -0.15) is 10.2 Å². The second kappa shape index (κ2) is 3.96. The highest BCUT2D eigenvalue weighted by Crippen LogP contribution is 2.38. The van der Waals surface area contributed by atoms with Crippen LogP contribution in [0.2, 0.25) is 0 Å². The third-order valence-corrected chi connectivity index (χ3v) is 4.86. The van der Waals surface area contributed by atoms with Crippen molar-refractivity contribution in [2.24, 2.45) is 0 Å². The zero-order chi connectivity index (χ0) is 11.0. The number of oxazole rings is 1. The van der Waals surface area contributed by atoms with E-state index in [0.717, 1.165) is 13.1 Å². The maximum absolute atomic E-state index is 8.67. The van der Waals surface area contributed by atoms with Crippen LogP contribution in [-0.2, 0) is 0 Å². The fourth-order valence-electron chi connectivity index (χ4n) is 0.969. The van der Waals surface area contributed by atoms with E-state index in [1.807, 2.05) is 12.1 Å². The first-order chi connectivity index (χ1) is 7.11. The van der Waals surface area contributed by atoms with Crippen molar-refractivity contribution in [2.45, 2.75) is 0 Å². The molecule has 0 amide bonds. The van der Waals surface area contributed by atoms with Gasteiger partial charge in [-0.15, -0.1) is 11.3 Å². The van der Waals surface area contributed by atoms with Crippen molar-refractivity contribution in [1.29, 1.82) is 5.26 Å². The molecule has 0 bridgehead atoms. The topological polar surface area (TPSA) is 75.8 Å². The molecule has 0 spiro atoms. The number of hydrogen-bond donors (Lipinski definition) is 1. The highest BCUT2D eigenvalue weighted by Gasteiger charge is 2.15. The van der Waals surface area contributed by atoms with Crippen LogP contribution in [0.3, 0.4) is 0 Å². The summed E-state index contributed by atoms with van der Waals surface area (Å²) >= 11 is 8.16. The van der Waals surface area contributed by atoms with Crippen LogP contribution in [0, 0.1) is 11.3 Å². The summed E-state index contributed by atoms with van der Waals surface area (Å²) < 4.78 is 7.03. The lowest BCUT2D eigenvalue weighted by Gasteiger charge is -1.84. The van der Waals surface area contributed by atoms with E-state index in [0.29, 0.717) is 5.89 Å². The molecule has 0 unspecified atom stereocenters. The average Bonchev–Trinajstić information content (AvgIpc) is 2.71. The Bertz CT molecular complexity index is 535. The van der Waals surface area contributed by atoms with Crippen LogP contribution in [0.15, 0.2) is 18.7 Å². The number of halogens is 2. The van der Waals surface area contributed by atoms with Gasteiger partial charge in [0.1, 0.15) is 6.07 Å². The number of rotatable bonds is 1. The molecule has 7 heteroatoms. The smallest absolute Gasteiger partial charge is 0.240 e. The Kier molecular flexibility index (Phi) is 2.82. The zero-order valence-electron chi connectivity index (χ0n) is 7.12. The van der Waals surface area contributed by atoms with E-state index in [9.17, 15) is 0 Å². The fraction of sp³-hybridized carbons (Fsp3) is 0. The summed E-state index contributed by atoms with van der Waals surface area (Å²) in [5, 5.41) is 8.67. The van der Waals surface area contributed by atoms with Crippen molar-refractivity contribution in [2.75, 3.05) is 5.73 Å². The van der Waals surface area contributed by atoms with Crippen molar-refractivity contribution in [3.63, 3.8) is 0 Å². The SMILES string of the molecule is N#Cc1nc(-c2cc(Br)c(Br)s2)oc1N. The first-order valence-electron chi connectivity index (χ1n) is 3.73. The molecule has 0 radical (unpaired) electrons. The largest absolute Gasteiger partial charge is 0.419 e. The number of anilines is 1. The fourth-order valence-corrected chi connectivity index (χ4v) is 2.93. The Balaban J connectivity index is 2.50. The van der Waals surface area contributed by atoms with Crippen LogP contribution in [-0.4, -0.2) is 4.98 Å². The summed E-state index contributed by atoms with van der Waals surface area (Å²) in [6.07, 6.45) is 0. The van der Waals surface area contributed by atoms with Crippen LogP contribution in [0.5, 0.6) is 0 Å². The van der Waals surface area contributed by atoms with Crippen molar-refractivity contribution < 1.29 is 4.42 Å². The van der Waals surface area contributed by atoms with E-state index in [1.165, 1.54) is 11.3 Å². The molecule has 2 heterocycles. The van der Waals surface area contributed by atoms with Gasteiger partial charge in [0.25, 0.3) is 0 Å². The second-order valence-electron chi connectivity index (χ2n) is 2.58. The third-order valence-electron chi connectivity index (χ3n) is 1.62. The standard InChI is InChI=1S/C8H3Br2N3OS/c9-3-1-5(15-6(3)10)8-13-4(2-11)7(12)14-8/h1H,12H2. The van der Waals surface area contributed by atoms with Crippen LogP contribution < -0.4 is 5.73 Å². The van der Waals surface area contributed by atoms with Gasteiger partial charge in [0.05, 0.1) is 8.66 Å². The maximum Gasteiger partial charge on any atom is 0.240 e. The van der Waals surface area contributed by atoms with Gasteiger partial charge in [-0.3, -0.25) is 0 Å². The maximum atomic E-state index is 8.67. The van der Waals surface area contributed by atoms with Gasteiger partial charge in [0.2, 0.25) is 17.5 Å². The van der Waals surface area contributed by atoms with Gasteiger partial charge in [0.15, 0.2) is 0 Å². The van der Waals surface area contributed by atoms with Gasteiger partial charge < -0.3 is 10.2 Å². The van der Waals surface area contributed by atoms with Gasteiger partial charge in [-0.1, -0.05) is 0 Å². The minimum absolute atomic E-state index is 0.0492. The van der Waals surface area contributed by atoms with E-state index < -0.39 is 0 Å². The lowest BCUT2D eigenvalue weighted by Crippen LogP contribution is -1.83. The molecule has 2 rings (SSSR count). The molecule has 2 aromatic rings. The molecule has 0 atom stereocenters. The molecule has 76 valence electrons. The summed E-state index contributed by atoms with van der Waals surface area (Å²) in [6.45, 7) is 0. The van der Waals surface area contributed by atoms with Gasteiger partial charge >= 0.3 is 0 Å². The van der Waals surface area contributed by atoms with Crippen LogP contribution in [0.4, 0.5) is 5.88 Å². The molecule has 0 saturated heterocycles. The van der Waals surface area contributed by atoms with E-state index in [4.69, 9.17) is 15.4 Å². The summed E-state index contributed by atoms with van der Waals surface area (Å²) in [5.74, 6) is 0.411. The lowest BCUT2D eigenvalue weighted by molar-refractivity contribution is 0.595. The van der Waals surface area contributed by atoms with E-state index in [1.54, 1.807) is 0 Å². The van der Waals surface area contributed by atoms with Crippen molar-refractivity contribution in [3.05, 3.63) is 20.0 Å². The average molecular weight is 349 g/mol. The molecule has 0 aliphatic heterocycles. The molecule has 2 N–H and O–H groups in total. The predicted molar refractivity (Wildman–Crippen MR) is 64.3 cm³/mol. The quantitative estimate of drug-likeness (QED) is 0.857. The normalized spacial score (nSPS) is 10.2. The van der Waals surface area contributed by atoms with Gasteiger partial charge in [-0.25, -0.2) is 0 Å². The molecule has 0 fully saturated rings. The van der Waals surface area contributed by atoms with E-state index >= 15 is 0 Å². The lowest BCUT2D eigenvalue weighted by atomic mass is 10.4. The third kappa shape index (κ3) is 1.93. The molecule has 0 aliphatic carbocycles. The first kappa shape index (κ1) is 10.7. The molecule has 2 aromatic heterocycles. The molecular formula is C8H3Br2N3OS. The van der Waals surface area contributed by atoms with Crippen molar-refractivity contribution in [1.82, 2.24) is 4.98 Å². The Morgan fingerprint density at radius 1 is 1.53 bits per heavy atom. The molecular weight excluding hydrogens is 346 g/mol. The highest BCUT2D eigenvalue weighted by molar-refractivity contribution is 9.13. The Hall–Kier alpha value is -0.840. The van der Waals surface area contributed by atoms with E-state index in [2.05, 4.69) is 36.8 Å². The number of thiophene rings is 1. The van der Waals surface area contributed by atoms with Gasteiger partial charge in [0, 0.05) is 4.47 Å². The number of nitrogen functional groups attached to an aromatic ring is 1. The minimum Gasteiger partial charge on any atom is -0.419 e. The van der Waals surface area contributed by atoms with Crippen molar-refractivity contribution in [3.8, 4) is 16.8 Å². The summed E-state index contributed by atoms with van der Waals surface area (Å²) in [4.78, 5) is 4.78. The first-order valence-corrected chi connectivity index (χ1v) is 6.13. The Morgan fingerprint density at radius 3 is 2.73 bits per heavy atom. The molecule has 0 aromatic carbocycles. The highest BCUT2D eigenvalue weighted by atomic mass is 79.9. The van der Waals surface area contributed by atoms with Gasteiger partial charge in [-0.05, 0) is 37.9 Å². The predicted octanol–water partition coefficient (Wildman–Crippen LogP) is 3.38. The monoisotopic (exact) mass is 347 g/mol. The number of nitrogens with zero attached hydrogens (tertiary/aromatic N) is 2. The number of aromatic nitrogens is 1. The van der Waals surface area contributed by atoms with Crippen LogP contribution in [0.1, 0.15) is 5.69 Å². The molecule has 0 aliphatic rings. The molecule has 0 saturated carbocycles. The van der Waals surface area contributed by atoms with Crippen LogP contribution >= 0.6 is 43.2 Å². The second-order valence-corrected chi connectivity index (χ2v) is 5.80. The molecule has 4 nitrogen and oxygen atoms in total. The van der Waals surface area contributed by atoms with Crippen LogP contribution in [0.25, 0.3) is 10.8 Å². The van der Waals surface area contributed by atoms with E-state index in [-0.39, 0.29) is 11.6 Å². The number of hydrogen-bond acceptors (Lipinski definition) is 5. The Labute approximate surface area is 106 Å². The van der Waals surface area contributed by atoms with Crippen molar-refractivity contribution >= 4 is 49.1 Å².